The Balaban J connectivity index is 1.89. The van der Waals surface area contributed by atoms with E-state index in [-0.39, 0.29) is 17.3 Å². The fourth-order valence-electron chi connectivity index (χ4n) is 1.88. The standard InChI is InChI=1S/C17H17ClN2O3/c1-11(2)12-4-3-5-14(8-12)20-16(21)10-23-17(22)13-6-7-15(18)19-9-13/h3-9,11H,10H2,1-2H3,(H,20,21). The van der Waals surface area contributed by atoms with Gasteiger partial charge in [0.25, 0.3) is 5.91 Å². The highest BCUT2D eigenvalue weighted by molar-refractivity contribution is 6.29. The van der Waals surface area contributed by atoms with Crippen molar-refractivity contribution >= 4 is 29.2 Å². The average Bonchev–Trinajstić information content (AvgIpc) is 2.53. The number of carbonyl (C=O) groups is 2. The predicted molar refractivity (Wildman–Crippen MR) is 88.7 cm³/mol. The molecule has 1 amide bonds. The molecule has 0 atom stereocenters. The van der Waals surface area contributed by atoms with Gasteiger partial charge in [0.15, 0.2) is 6.61 Å². The molecule has 2 aromatic rings. The molecular weight excluding hydrogens is 316 g/mol. The van der Waals surface area contributed by atoms with Gasteiger partial charge in [0.05, 0.1) is 5.56 Å². The molecule has 0 saturated carbocycles. The number of pyridine rings is 1. The van der Waals surface area contributed by atoms with Crippen LogP contribution in [0.2, 0.25) is 5.15 Å². The van der Waals surface area contributed by atoms with Crippen molar-refractivity contribution < 1.29 is 14.3 Å². The topological polar surface area (TPSA) is 68.3 Å². The van der Waals surface area contributed by atoms with Crippen LogP contribution in [0.4, 0.5) is 5.69 Å². The molecule has 1 aromatic carbocycles. The van der Waals surface area contributed by atoms with Crippen LogP contribution in [0, 0.1) is 0 Å². The summed E-state index contributed by atoms with van der Waals surface area (Å²) in [6, 6.07) is 10.5. The number of amides is 1. The number of nitrogens with zero attached hydrogens (tertiary/aromatic N) is 1. The van der Waals surface area contributed by atoms with Gasteiger partial charge in [-0.2, -0.15) is 0 Å². The summed E-state index contributed by atoms with van der Waals surface area (Å²) in [5.41, 5.74) is 2.03. The number of esters is 1. The molecule has 0 bridgehead atoms. The summed E-state index contributed by atoms with van der Waals surface area (Å²) >= 11 is 5.64. The number of ether oxygens (including phenoxy) is 1. The molecule has 23 heavy (non-hydrogen) atoms. The third-order valence-electron chi connectivity index (χ3n) is 3.13. The highest BCUT2D eigenvalue weighted by Gasteiger charge is 2.11. The second-order valence-corrected chi connectivity index (χ2v) is 5.66. The van der Waals surface area contributed by atoms with Crippen molar-refractivity contribution in [3.63, 3.8) is 0 Å². The van der Waals surface area contributed by atoms with E-state index < -0.39 is 11.9 Å². The van der Waals surface area contributed by atoms with E-state index in [4.69, 9.17) is 16.3 Å². The Bertz CT molecular complexity index is 699. The van der Waals surface area contributed by atoms with Crippen molar-refractivity contribution in [2.75, 3.05) is 11.9 Å². The number of rotatable bonds is 5. The zero-order valence-electron chi connectivity index (χ0n) is 12.9. The van der Waals surface area contributed by atoms with Crippen LogP contribution in [0.5, 0.6) is 0 Å². The van der Waals surface area contributed by atoms with Crippen molar-refractivity contribution in [2.45, 2.75) is 19.8 Å². The van der Waals surface area contributed by atoms with Gasteiger partial charge in [0.2, 0.25) is 0 Å². The van der Waals surface area contributed by atoms with E-state index in [1.54, 1.807) is 6.07 Å². The first-order chi connectivity index (χ1) is 11.0. The molecule has 120 valence electrons. The molecule has 0 fully saturated rings. The Morgan fingerprint density at radius 3 is 2.70 bits per heavy atom. The first kappa shape index (κ1) is 17.0. The van der Waals surface area contributed by atoms with Crippen LogP contribution in [-0.2, 0) is 9.53 Å². The molecule has 0 saturated heterocycles. The summed E-state index contributed by atoms with van der Waals surface area (Å²) in [7, 11) is 0. The zero-order valence-corrected chi connectivity index (χ0v) is 13.6. The van der Waals surface area contributed by atoms with Gasteiger partial charge in [-0.1, -0.05) is 37.6 Å². The number of anilines is 1. The highest BCUT2D eigenvalue weighted by Crippen LogP contribution is 2.18. The second-order valence-electron chi connectivity index (χ2n) is 5.27. The Hall–Kier alpha value is -2.40. The van der Waals surface area contributed by atoms with E-state index in [0.29, 0.717) is 11.6 Å². The normalized spacial score (nSPS) is 10.4. The first-order valence-corrected chi connectivity index (χ1v) is 7.52. The smallest absolute Gasteiger partial charge is 0.340 e. The quantitative estimate of drug-likeness (QED) is 0.670. The third-order valence-corrected chi connectivity index (χ3v) is 3.36. The van der Waals surface area contributed by atoms with E-state index in [2.05, 4.69) is 24.1 Å². The van der Waals surface area contributed by atoms with Crippen LogP contribution in [0.3, 0.4) is 0 Å². The van der Waals surface area contributed by atoms with Crippen LogP contribution >= 0.6 is 11.6 Å². The molecule has 0 aliphatic heterocycles. The maximum atomic E-state index is 11.9. The summed E-state index contributed by atoms with van der Waals surface area (Å²) in [4.78, 5) is 27.4. The van der Waals surface area contributed by atoms with Gasteiger partial charge < -0.3 is 10.1 Å². The molecule has 1 heterocycles. The Morgan fingerprint density at radius 2 is 2.04 bits per heavy atom. The lowest BCUT2D eigenvalue weighted by atomic mass is 10.0. The molecule has 0 spiro atoms. The van der Waals surface area contributed by atoms with Crippen molar-refractivity contribution in [2.24, 2.45) is 0 Å². The van der Waals surface area contributed by atoms with Crippen molar-refractivity contribution in [3.8, 4) is 0 Å². The van der Waals surface area contributed by atoms with Gasteiger partial charge >= 0.3 is 5.97 Å². The molecule has 6 heteroatoms. The van der Waals surface area contributed by atoms with Gasteiger partial charge in [-0.25, -0.2) is 9.78 Å². The number of nitrogens with one attached hydrogen (secondary N) is 1. The predicted octanol–water partition coefficient (Wildman–Crippen LogP) is 3.65. The lowest BCUT2D eigenvalue weighted by Gasteiger charge is -2.10. The maximum absolute atomic E-state index is 11.9. The maximum Gasteiger partial charge on any atom is 0.340 e. The minimum absolute atomic E-state index is 0.240. The Kier molecular flexibility index (Phi) is 5.71. The van der Waals surface area contributed by atoms with Gasteiger partial charge in [0, 0.05) is 11.9 Å². The summed E-state index contributed by atoms with van der Waals surface area (Å²) in [5, 5.41) is 2.98. The van der Waals surface area contributed by atoms with E-state index >= 15 is 0 Å². The summed E-state index contributed by atoms with van der Waals surface area (Å²) < 4.78 is 4.95. The largest absolute Gasteiger partial charge is 0.452 e. The minimum atomic E-state index is -0.625. The van der Waals surface area contributed by atoms with Crippen molar-refractivity contribution in [3.05, 3.63) is 58.9 Å². The minimum Gasteiger partial charge on any atom is -0.452 e. The molecule has 1 N–H and O–H groups in total. The number of hydrogen-bond acceptors (Lipinski definition) is 4. The number of hydrogen-bond donors (Lipinski definition) is 1. The summed E-state index contributed by atoms with van der Waals surface area (Å²) in [6.45, 7) is 3.78. The van der Waals surface area contributed by atoms with Crippen LogP contribution in [0.25, 0.3) is 0 Å². The molecular formula is C17H17ClN2O3. The Labute approximate surface area is 139 Å². The highest BCUT2D eigenvalue weighted by atomic mass is 35.5. The fraction of sp³-hybridized carbons (Fsp3) is 0.235. The monoisotopic (exact) mass is 332 g/mol. The lowest BCUT2D eigenvalue weighted by Crippen LogP contribution is -2.21. The fourth-order valence-corrected chi connectivity index (χ4v) is 2.00. The number of carbonyl (C=O) groups excluding carboxylic acids is 2. The summed E-state index contributed by atoms with van der Waals surface area (Å²) in [5.74, 6) is -0.663. The zero-order chi connectivity index (χ0) is 16.8. The van der Waals surface area contributed by atoms with Gasteiger partial charge in [-0.3, -0.25) is 4.79 Å². The van der Waals surface area contributed by atoms with Crippen molar-refractivity contribution in [1.82, 2.24) is 4.98 Å². The molecule has 2 rings (SSSR count). The number of benzene rings is 1. The molecule has 5 nitrogen and oxygen atoms in total. The van der Waals surface area contributed by atoms with E-state index in [1.807, 2.05) is 18.2 Å². The van der Waals surface area contributed by atoms with Gasteiger partial charge in [0.1, 0.15) is 5.15 Å². The molecule has 1 aromatic heterocycles. The van der Waals surface area contributed by atoms with Gasteiger partial charge in [-0.15, -0.1) is 0 Å². The Morgan fingerprint density at radius 1 is 1.26 bits per heavy atom. The number of halogens is 1. The van der Waals surface area contributed by atoms with Crippen molar-refractivity contribution in [1.29, 1.82) is 0 Å². The van der Waals surface area contributed by atoms with E-state index in [9.17, 15) is 9.59 Å². The van der Waals surface area contributed by atoms with Crippen LogP contribution in [-0.4, -0.2) is 23.5 Å². The number of aromatic nitrogens is 1. The van der Waals surface area contributed by atoms with E-state index in [0.717, 1.165) is 5.56 Å². The lowest BCUT2D eigenvalue weighted by molar-refractivity contribution is -0.119. The van der Waals surface area contributed by atoms with E-state index in [1.165, 1.54) is 18.3 Å². The van der Waals surface area contributed by atoms with Crippen LogP contribution in [0.1, 0.15) is 35.7 Å². The molecule has 0 aliphatic carbocycles. The molecule has 0 aliphatic rings. The SMILES string of the molecule is CC(C)c1cccc(NC(=O)COC(=O)c2ccc(Cl)nc2)c1. The van der Waals surface area contributed by atoms with Crippen LogP contribution < -0.4 is 5.32 Å². The second kappa shape index (κ2) is 7.74. The third kappa shape index (κ3) is 5.07. The summed E-state index contributed by atoms with van der Waals surface area (Å²) in [6.07, 6.45) is 1.30. The van der Waals surface area contributed by atoms with Gasteiger partial charge in [-0.05, 0) is 35.7 Å². The van der Waals surface area contributed by atoms with Crippen LogP contribution in [0.15, 0.2) is 42.6 Å². The average molecular weight is 333 g/mol. The molecule has 0 radical (unpaired) electrons. The molecule has 0 unspecified atom stereocenters. The first-order valence-electron chi connectivity index (χ1n) is 7.14.